The minimum atomic E-state index is -0.502. The third-order valence-corrected chi connectivity index (χ3v) is 3.30. The summed E-state index contributed by atoms with van der Waals surface area (Å²) in [6.07, 6.45) is 0. The molecule has 0 spiro atoms. The maximum atomic E-state index is 11.9. The van der Waals surface area contributed by atoms with E-state index in [1.165, 1.54) is 24.3 Å². The van der Waals surface area contributed by atoms with Crippen molar-refractivity contribution in [3.63, 3.8) is 0 Å². The van der Waals surface area contributed by atoms with Gasteiger partial charge in [0, 0.05) is 30.9 Å². The van der Waals surface area contributed by atoms with Crippen LogP contribution in [0.25, 0.3) is 0 Å². The molecule has 1 aromatic rings. The molecular formula is C15H22N4O4. The Bertz CT molecular complexity index is 555. The molecule has 23 heavy (non-hydrogen) atoms. The van der Waals surface area contributed by atoms with Gasteiger partial charge in [-0.15, -0.1) is 0 Å². The number of likely N-dealkylation sites (N-methyl/N-ethyl adjacent to an activating group) is 2. The summed E-state index contributed by atoms with van der Waals surface area (Å²) in [5.74, 6) is -0.311. The van der Waals surface area contributed by atoms with Crippen LogP contribution in [0.1, 0.15) is 13.8 Å². The van der Waals surface area contributed by atoms with Gasteiger partial charge in [0.15, 0.2) is 0 Å². The van der Waals surface area contributed by atoms with Gasteiger partial charge in [-0.3, -0.25) is 24.6 Å². The summed E-state index contributed by atoms with van der Waals surface area (Å²) in [6.45, 7) is 5.31. The third kappa shape index (κ3) is 6.03. The van der Waals surface area contributed by atoms with Crippen LogP contribution in [0.2, 0.25) is 0 Å². The first-order chi connectivity index (χ1) is 10.9. The van der Waals surface area contributed by atoms with E-state index in [9.17, 15) is 19.7 Å². The zero-order valence-corrected chi connectivity index (χ0v) is 13.6. The summed E-state index contributed by atoms with van der Waals surface area (Å²) in [7, 11) is 1.69. The van der Waals surface area contributed by atoms with E-state index >= 15 is 0 Å². The molecule has 1 rings (SSSR count). The van der Waals surface area contributed by atoms with E-state index in [0.29, 0.717) is 18.8 Å². The fourth-order valence-electron chi connectivity index (χ4n) is 2.08. The van der Waals surface area contributed by atoms with Gasteiger partial charge in [-0.1, -0.05) is 0 Å². The third-order valence-electron chi connectivity index (χ3n) is 3.30. The number of amides is 2. The van der Waals surface area contributed by atoms with E-state index in [0.717, 1.165) is 0 Å². The summed E-state index contributed by atoms with van der Waals surface area (Å²) < 4.78 is 0. The number of non-ortho nitro benzene ring substituents is 1. The number of rotatable bonds is 8. The highest BCUT2D eigenvalue weighted by Crippen LogP contribution is 2.15. The SMILES string of the molecule is CCN(CC)C(=O)CN(C)CC(=O)Nc1ccc([N+](=O)[O-])cc1. The summed E-state index contributed by atoms with van der Waals surface area (Å²) in [4.78, 5) is 37.3. The first-order valence-electron chi connectivity index (χ1n) is 7.38. The number of nitro groups is 1. The van der Waals surface area contributed by atoms with Gasteiger partial charge in [-0.2, -0.15) is 0 Å². The number of benzene rings is 1. The molecule has 0 bridgehead atoms. The van der Waals surface area contributed by atoms with E-state index in [1.807, 2.05) is 13.8 Å². The average Bonchev–Trinajstić information content (AvgIpc) is 2.48. The molecule has 0 atom stereocenters. The predicted octanol–water partition coefficient (Wildman–Crippen LogP) is 1.33. The van der Waals surface area contributed by atoms with Gasteiger partial charge >= 0.3 is 0 Å². The van der Waals surface area contributed by atoms with Gasteiger partial charge in [-0.05, 0) is 33.0 Å². The number of hydrogen-bond acceptors (Lipinski definition) is 5. The van der Waals surface area contributed by atoms with Crippen molar-refractivity contribution < 1.29 is 14.5 Å². The number of nitrogens with one attached hydrogen (secondary N) is 1. The molecule has 126 valence electrons. The normalized spacial score (nSPS) is 10.4. The highest BCUT2D eigenvalue weighted by molar-refractivity contribution is 5.92. The van der Waals surface area contributed by atoms with Crippen LogP contribution >= 0.6 is 0 Å². The van der Waals surface area contributed by atoms with Crippen molar-refractivity contribution in [1.82, 2.24) is 9.80 Å². The van der Waals surface area contributed by atoms with Crippen LogP contribution in [-0.2, 0) is 9.59 Å². The Hall–Kier alpha value is -2.48. The van der Waals surface area contributed by atoms with E-state index in [-0.39, 0.29) is 30.6 Å². The van der Waals surface area contributed by atoms with Crippen LogP contribution in [-0.4, -0.2) is 59.8 Å². The van der Waals surface area contributed by atoms with Crippen molar-refractivity contribution in [3.05, 3.63) is 34.4 Å². The standard InChI is InChI=1S/C15H22N4O4/c1-4-18(5-2)15(21)11-17(3)10-14(20)16-12-6-8-13(9-7-12)19(22)23/h6-9H,4-5,10-11H2,1-3H3,(H,16,20). The van der Waals surface area contributed by atoms with Crippen molar-refractivity contribution in [1.29, 1.82) is 0 Å². The van der Waals surface area contributed by atoms with Gasteiger partial charge < -0.3 is 10.2 Å². The molecule has 0 fully saturated rings. The van der Waals surface area contributed by atoms with Crippen LogP contribution in [0.4, 0.5) is 11.4 Å². The second kappa shape index (κ2) is 8.84. The quantitative estimate of drug-likeness (QED) is 0.575. The maximum Gasteiger partial charge on any atom is 0.269 e. The van der Waals surface area contributed by atoms with Crippen molar-refractivity contribution in [2.75, 3.05) is 38.5 Å². The monoisotopic (exact) mass is 322 g/mol. The molecule has 2 amide bonds. The van der Waals surface area contributed by atoms with Crippen LogP contribution in [0.15, 0.2) is 24.3 Å². The highest BCUT2D eigenvalue weighted by Gasteiger charge is 2.15. The smallest absolute Gasteiger partial charge is 0.269 e. The first-order valence-corrected chi connectivity index (χ1v) is 7.38. The van der Waals surface area contributed by atoms with Crippen LogP contribution in [0.5, 0.6) is 0 Å². The zero-order valence-electron chi connectivity index (χ0n) is 13.6. The molecular weight excluding hydrogens is 300 g/mol. The molecule has 1 N–H and O–H groups in total. The van der Waals surface area contributed by atoms with Crippen LogP contribution < -0.4 is 5.32 Å². The Labute approximate surface area is 135 Å². The summed E-state index contributed by atoms with van der Waals surface area (Å²) in [5, 5.41) is 13.2. The largest absolute Gasteiger partial charge is 0.342 e. The Kier molecular flexibility index (Phi) is 7.14. The molecule has 8 heteroatoms. The number of carbonyl (C=O) groups excluding carboxylic acids is 2. The van der Waals surface area contributed by atoms with E-state index in [4.69, 9.17) is 0 Å². The number of nitrogens with zero attached hydrogens (tertiary/aromatic N) is 3. The molecule has 1 aromatic carbocycles. The maximum absolute atomic E-state index is 11.9. The Morgan fingerprint density at radius 3 is 2.17 bits per heavy atom. The molecule has 0 aliphatic heterocycles. The lowest BCUT2D eigenvalue weighted by atomic mass is 10.3. The van der Waals surface area contributed by atoms with Crippen LogP contribution in [0.3, 0.4) is 0 Å². The summed E-state index contributed by atoms with van der Waals surface area (Å²) >= 11 is 0. The van der Waals surface area contributed by atoms with Crippen molar-refractivity contribution in [2.45, 2.75) is 13.8 Å². The van der Waals surface area contributed by atoms with Crippen molar-refractivity contribution >= 4 is 23.2 Å². The lowest BCUT2D eigenvalue weighted by Crippen LogP contribution is -2.41. The number of nitro benzene ring substituents is 1. The van der Waals surface area contributed by atoms with E-state index in [1.54, 1.807) is 16.8 Å². The molecule has 0 aliphatic carbocycles. The van der Waals surface area contributed by atoms with Crippen LogP contribution in [0, 0.1) is 10.1 Å². The molecule has 0 radical (unpaired) electrons. The minimum Gasteiger partial charge on any atom is -0.342 e. The Balaban J connectivity index is 2.49. The first kappa shape index (κ1) is 18.6. The number of hydrogen-bond donors (Lipinski definition) is 1. The highest BCUT2D eigenvalue weighted by atomic mass is 16.6. The second-order valence-corrected chi connectivity index (χ2v) is 5.09. The lowest BCUT2D eigenvalue weighted by Gasteiger charge is -2.22. The van der Waals surface area contributed by atoms with Gasteiger partial charge in [0.05, 0.1) is 18.0 Å². The van der Waals surface area contributed by atoms with Gasteiger partial charge in [0.1, 0.15) is 0 Å². The molecule has 0 aliphatic rings. The number of anilines is 1. The number of carbonyl (C=O) groups is 2. The van der Waals surface area contributed by atoms with E-state index < -0.39 is 4.92 Å². The molecule has 0 unspecified atom stereocenters. The second-order valence-electron chi connectivity index (χ2n) is 5.09. The summed E-state index contributed by atoms with van der Waals surface area (Å²) in [5.41, 5.74) is 0.439. The lowest BCUT2D eigenvalue weighted by molar-refractivity contribution is -0.384. The van der Waals surface area contributed by atoms with Crippen molar-refractivity contribution in [3.8, 4) is 0 Å². The van der Waals surface area contributed by atoms with Gasteiger partial charge in [-0.25, -0.2) is 0 Å². The minimum absolute atomic E-state index is 0.0272. The average molecular weight is 322 g/mol. The molecule has 0 heterocycles. The molecule has 0 saturated carbocycles. The van der Waals surface area contributed by atoms with Crippen molar-refractivity contribution in [2.24, 2.45) is 0 Å². The van der Waals surface area contributed by atoms with Gasteiger partial charge in [0.25, 0.3) is 5.69 Å². The molecule has 0 saturated heterocycles. The Morgan fingerprint density at radius 1 is 1.13 bits per heavy atom. The summed E-state index contributed by atoms with van der Waals surface area (Å²) in [6, 6.07) is 5.58. The fraction of sp³-hybridized carbons (Fsp3) is 0.467. The fourth-order valence-corrected chi connectivity index (χ4v) is 2.08. The van der Waals surface area contributed by atoms with E-state index in [2.05, 4.69) is 5.32 Å². The molecule has 8 nitrogen and oxygen atoms in total. The predicted molar refractivity (Wildman–Crippen MR) is 87.2 cm³/mol. The zero-order chi connectivity index (χ0) is 17.4. The van der Waals surface area contributed by atoms with Gasteiger partial charge in [0.2, 0.25) is 11.8 Å². The topological polar surface area (TPSA) is 95.8 Å². The molecule has 0 aromatic heterocycles. The Morgan fingerprint density at radius 2 is 1.70 bits per heavy atom.